The molecular weight excluding hydrogens is 350 g/mol. The summed E-state index contributed by atoms with van der Waals surface area (Å²) in [5.74, 6) is 0.382. The standard InChI is InChI=1S/C22H25N5O/c1-17-16-20(21(28)27(2)15-11-19-8-12-23-13-9-19)26-22(25-17)24-14-10-18-6-4-3-5-7-18/h3-9,12-13,16H,10-11,14-15H2,1-2H3,(H,24,25,26). The molecule has 0 atom stereocenters. The van der Waals surface area contributed by atoms with Crippen LogP contribution >= 0.6 is 0 Å². The average molecular weight is 375 g/mol. The minimum Gasteiger partial charge on any atom is -0.354 e. The lowest BCUT2D eigenvalue weighted by atomic mass is 10.1. The number of hydrogen-bond donors (Lipinski definition) is 1. The first kappa shape index (κ1) is 19.5. The Kier molecular flexibility index (Phi) is 6.68. The lowest BCUT2D eigenvalue weighted by molar-refractivity contribution is 0.0790. The van der Waals surface area contributed by atoms with Gasteiger partial charge in [0.05, 0.1) is 0 Å². The number of anilines is 1. The molecule has 3 rings (SSSR count). The Labute approximate surface area is 165 Å². The van der Waals surface area contributed by atoms with E-state index < -0.39 is 0 Å². The van der Waals surface area contributed by atoms with E-state index in [0.29, 0.717) is 24.7 Å². The summed E-state index contributed by atoms with van der Waals surface area (Å²) >= 11 is 0. The van der Waals surface area contributed by atoms with Gasteiger partial charge in [0.1, 0.15) is 5.69 Å². The van der Waals surface area contributed by atoms with Crippen molar-refractivity contribution in [3.63, 3.8) is 0 Å². The fourth-order valence-electron chi connectivity index (χ4n) is 2.86. The largest absolute Gasteiger partial charge is 0.354 e. The van der Waals surface area contributed by atoms with Crippen LogP contribution in [-0.2, 0) is 12.8 Å². The highest BCUT2D eigenvalue weighted by Crippen LogP contribution is 2.09. The van der Waals surface area contributed by atoms with E-state index in [1.165, 1.54) is 5.56 Å². The summed E-state index contributed by atoms with van der Waals surface area (Å²) in [5, 5.41) is 3.23. The van der Waals surface area contributed by atoms with Crippen LogP contribution in [0.3, 0.4) is 0 Å². The third-order valence-electron chi connectivity index (χ3n) is 4.44. The van der Waals surface area contributed by atoms with Crippen molar-refractivity contribution in [3.8, 4) is 0 Å². The second kappa shape index (κ2) is 9.60. The normalized spacial score (nSPS) is 10.5. The van der Waals surface area contributed by atoms with Gasteiger partial charge in [-0.05, 0) is 49.1 Å². The smallest absolute Gasteiger partial charge is 0.272 e. The van der Waals surface area contributed by atoms with Crippen LogP contribution in [0.2, 0.25) is 0 Å². The molecule has 0 aliphatic heterocycles. The molecule has 6 heteroatoms. The number of amides is 1. The Hall–Kier alpha value is -3.28. The predicted molar refractivity (Wildman–Crippen MR) is 110 cm³/mol. The second-order valence-electron chi connectivity index (χ2n) is 6.71. The predicted octanol–water partition coefficient (Wildman–Crippen LogP) is 3.15. The van der Waals surface area contributed by atoms with Crippen LogP contribution in [-0.4, -0.2) is 45.9 Å². The highest BCUT2D eigenvalue weighted by Gasteiger charge is 2.15. The first-order valence-corrected chi connectivity index (χ1v) is 9.39. The average Bonchev–Trinajstić information content (AvgIpc) is 2.72. The van der Waals surface area contributed by atoms with Crippen molar-refractivity contribution in [3.05, 3.63) is 83.4 Å². The van der Waals surface area contributed by atoms with E-state index in [-0.39, 0.29) is 5.91 Å². The summed E-state index contributed by atoms with van der Waals surface area (Å²) < 4.78 is 0. The molecule has 0 fully saturated rings. The molecule has 0 radical (unpaired) electrons. The van der Waals surface area contributed by atoms with Gasteiger partial charge in [0, 0.05) is 38.2 Å². The van der Waals surface area contributed by atoms with Crippen molar-refractivity contribution in [1.82, 2.24) is 19.9 Å². The lowest BCUT2D eigenvalue weighted by Crippen LogP contribution is -2.30. The molecule has 0 bridgehead atoms. The zero-order chi connectivity index (χ0) is 19.8. The molecular formula is C22H25N5O. The number of nitrogens with one attached hydrogen (secondary N) is 1. The highest BCUT2D eigenvalue weighted by atomic mass is 16.2. The van der Waals surface area contributed by atoms with Crippen molar-refractivity contribution in [2.45, 2.75) is 19.8 Å². The van der Waals surface area contributed by atoms with E-state index in [2.05, 4.69) is 32.4 Å². The number of likely N-dealkylation sites (N-methyl/N-ethyl adjacent to an activating group) is 1. The summed E-state index contributed by atoms with van der Waals surface area (Å²) in [6.07, 6.45) is 5.17. The number of aromatic nitrogens is 3. The Morgan fingerprint density at radius 1 is 1.00 bits per heavy atom. The molecule has 1 aromatic carbocycles. The Balaban J connectivity index is 1.58. The minimum absolute atomic E-state index is 0.106. The summed E-state index contributed by atoms with van der Waals surface area (Å²) in [4.78, 5) is 27.3. The van der Waals surface area contributed by atoms with Crippen LogP contribution < -0.4 is 5.32 Å². The molecule has 2 aromatic heterocycles. The number of carbonyl (C=O) groups excluding carboxylic acids is 1. The van der Waals surface area contributed by atoms with Gasteiger partial charge in [0.2, 0.25) is 5.95 Å². The van der Waals surface area contributed by atoms with Gasteiger partial charge in [-0.25, -0.2) is 9.97 Å². The first-order chi connectivity index (χ1) is 13.6. The van der Waals surface area contributed by atoms with Crippen LogP contribution in [0, 0.1) is 6.92 Å². The van der Waals surface area contributed by atoms with Crippen LogP contribution in [0.4, 0.5) is 5.95 Å². The van der Waals surface area contributed by atoms with E-state index >= 15 is 0 Å². The maximum atomic E-state index is 12.8. The van der Waals surface area contributed by atoms with Crippen molar-refractivity contribution < 1.29 is 4.79 Å². The molecule has 144 valence electrons. The van der Waals surface area contributed by atoms with E-state index in [1.54, 1.807) is 30.4 Å². The quantitative estimate of drug-likeness (QED) is 0.655. The fraction of sp³-hybridized carbons (Fsp3) is 0.273. The number of benzene rings is 1. The van der Waals surface area contributed by atoms with Gasteiger partial charge in [-0.15, -0.1) is 0 Å². The van der Waals surface area contributed by atoms with Gasteiger partial charge < -0.3 is 10.2 Å². The highest BCUT2D eigenvalue weighted by molar-refractivity contribution is 5.92. The molecule has 0 saturated carbocycles. The molecule has 0 saturated heterocycles. The van der Waals surface area contributed by atoms with E-state index in [9.17, 15) is 4.79 Å². The van der Waals surface area contributed by atoms with Gasteiger partial charge in [0.25, 0.3) is 5.91 Å². The number of hydrogen-bond acceptors (Lipinski definition) is 5. The van der Waals surface area contributed by atoms with E-state index in [0.717, 1.165) is 24.1 Å². The molecule has 1 amide bonds. The molecule has 0 spiro atoms. The molecule has 1 N–H and O–H groups in total. The molecule has 0 aliphatic rings. The second-order valence-corrected chi connectivity index (χ2v) is 6.71. The SMILES string of the molecule is Cc1cc(C(=O)N(C)CCc2ccncc2)nc(NCCc2ccccc2)n1. The maximum Gasteiger partial charge on any atom is 0.272 e. The Morgan fingerprint density at radius 2 is 1.71 bits per heavy atom. The van der Waals surface area contributed by atoms with Crippen LogP contribution in [0.5, 0.6) is 0 Å². The van der Waals surface area contributed by atoms with E-state index in [1.807, 2.05) is 37.3 Å². The molecule has 3 aromatic rings. The number of aryl methyl sites for hydroxylation is 1. The summed E-state index contributed by atoms with van der Waals surface area (Å²) in [7, 11) is 1.80. The zero-order valence-electron chi connectivity index (χ0n) is 16.3. The Bertz CT molecular complexity index is 899. The third-order valence-corrected chi connectivity index (χ3v) is 4.44. The van der Waals surface area contributed by atoms with Crippen molar-refractivity contribution >= 4 is 11.9 Å². The minimum atomic E-state index is -0.106. The zero-order valence-corrected chi connectivity index (χ0v) is 16.3. The molecule has 0 aliphatic carbocycles. The fourth-order valence-corrected chi connectivity index (χ4v) is 2.86. The lowest BCUT2D eigenvalue weighted by Gasteiger charge is -2.17. The van der Waals surface area contributed by atoms with Crippen LogP contribution in [0.25, 0.3) is 0 Å². The first-order valence-electron chi connectivity index (χ1n) is 9.39. The number of rotatable bonds is 8. The number of pyridine rings is 1. The summed E-state index contributed by atoms with van der Waals surface area (Å²) in [6, 6.07) is 15.9. The van der Waals surface area contributed by atoms with Crippen LogP contribution in [0.1, 0.15) is 27.3 Å². The van der Waals surface area contributed by atoms with E-state index in [4.69, 9.17) is 0 Å². The van der Waals surface area contributed by atoms with Gasteiger partial charge in [-0.2, -0.15) is 0 Å². The third kappa shape index (κ3) is 5.61. The van der Waals surface area contributed by atoms with Crippen molar-refractivity contribution in [1.29, 1.82) is 0 Å². The summed E-state index contributed by atoms with van der Waals surface area (Å²) in [5.41, 5.74) is 3.57. The van der Waals surface area contributed by atoms with Gasteiger partial charge >= 0.3 is 0 Å². The van der Waals surface area contributed by atoms with Crippen LogP contribution in [0.15, 0.2) is 60.9 Å². The monoisotopic (exact) mass is 375 g/mol. The topological polar surface area (TPSA) is 71.0 Å². The molecule has 6 nitrogen and oxygen atoms in total. The van der Waals surface area contributed by atoms with Crippen molar-refractivity contribution in [2.75, 3.05) is 25.5 Å². The molecule has 28 heavy (non-hydrogen) atoms. The van der Waals surface area contributed by atoms with Gasteiger partial charge in [0.15, 0.2) is 0 Å². The van der Waals surface area contributed by atoms with Gasteiger partial charge in [-0.3, -0.25) is 9.78 Å². The molecule has 0 unspecified atom stereocenters. The summed E-state index contributed by atoms with van der Waals surface area (Å²) in [6.45, 7) is 3.19. The Morgan fingerprint density at radius 3 is 2.46 bits per heavy atom. The number of nitrogens with zero attached hydrogens (tertiary/aromatic N) is 4. The molecule has 2 heterocycles. The maximum absolute atomic E-state index is 12.8. The van der Waals surface area contributed by atoms with Gasteiger partial charge in [-0.1, -0.05) is 30.3 Å². The number of carbonyl (C=O) groups is 1. The van der Waals surface area contributed by atoms with Crippen molar-refractivity contribution in [2.24, 2.45) is 0 Å².